The normalized spacial score (nSPS) is 10.5. The lowest BCUT2D eigenvalue weighted by Crippen LogP contribution is -2.12. The maximum absolute atomic E-state index is 12.2. The van der Waals surface area contributed by atoms with Crippen LogP contribution in [0.5, 0.6) is 5.75 Å². The molecule has 1 N–H and O–H groups in total. The second-order valence-electron chi connectivity index (χ2n) is 4.72. The van der Waals surface area contributed by atoms with Crippen molar-refractivity contribution < 1.29 is 13.9 Å². The van der Waals surface area contributed by atoms with Crippen LogP contribution in [-0.2, 0) is 0 Å². The Morgan fingerprint density at radius 3 is 2.79 bits per heavy atom. The van der Waals surface area contributed by atoms with Gasteiger partial charge in [0.1, 0.15) is 5.75 Å². The third-order valence-corrected chi connectivity index (χ3v) is 3.68. The van der Waals surface area contributed by atoms with Gasteiger partial charge in [-0.1, -0.05) is 29.3 Å². The number of nitrogens with zero attached hydrogens (tertiary/aromatic N) is 2. The van der Waals surface area contributed by atoms with Gasteiger partial charge >= 0.3 is 11.8 Å². The molecule has 3 rings (SSSR count). The number of amides is 1. The zero-order valence-electron chi connectivity index (χ0n) is 12.4. The Morgan fingerprint density at radius 1 is 1.17 bits per heavy atom. The molecule has 0 aliphatic carbocycles. The molecule has 6 nitrogen and oxygen atoms in total. The van der Waals surface area contributed by atoms with Gasteiger partial charge in [0.25, 0.3) is 0 Å². The Bertz CT molecular complexity index is 896. The molecule has 2 aromatic carbocycles. The second kappa shape index (κ2) is 6.90. The molecule has 0 unspecified atom stereocenters. The van der Waals surface area contributed by atoms with E-state index in [0.29, 0.717) is 27.0 Å². The first-order chi connectivity index (χ1) is 11.6. The standard InChI is InChI=1S/C16H11Cl2N3O3/c1-23-11-4-2-3-9(7-11)15-20-21-16(24-15)14(22)19-13-8-10(17)5-6-12(13)18/h2-8H,1H3,(H,19,22). The number of benzene rings is 2. The molecule has 8 heteroatoms. The van der Waals surface area contributed by atoms with Crippen LogP contribution in [0.25, 0.3) is 11.5 Å². The van der Waals surface area contributed by atoms with Crippen LogP contribution in [0, 0.1) is 0 Å². The Kier molecular flexibility index (Phi) is 4.69. The summed E-state index contributed by atoms with van der Waals surface area (Å²) in [6.07, 6.45) is 0. The zero-order chi connectivity index (χ0) is 17.1. The predicted molar refractivity (Wildman–Crippen MR) is 90.7 cm³/mol. The monoisotopic (exact) mass is 363 g/mol. The van der Waals surface area contributed by atoms with Crippen molar-refractivity contribution in [3.8, 4) is 17.2 Å². The minimum atomic E-state index is -0.583. The number of hydrogen-bond donors (Lipinski definition) is 1. The summed E-state index contributed by atoms with van der Waals surface area (Å²) in [5.41, 5.74) is 0.997. The topological polar surface area (TPSA) is 77.2 Å². The Balaban J connectivity index is 1.82. The van der Waals surface area contributed by atoms with E-state index >= 15 is 0 Å². The van der Waals surface area contributed by atoms with Gasteiger partial charge in [0.15, 0.2) is 0 Å². The number of carbonyl (C=O) groups excluding carboxylic acids is 1. The number of rotatable bonds is 4. The maximum Gasteiger partial charge on any atom is 0.313 e. The SMILES string of the molecule is COc1cccc(-c2nnc(C(=O)Nc3cc(Cl)ccc3Cl)o2)c1. The molecule has 0 spiro atoms. The minimum Gasteiger partial charge on any atom is -0.497 e. The van der Waals surface area contributed by atoms with Crippen molar-refractivity contribution in [1.29, 1.82) is 0 Å². The largest absolute Gasteiger partial charge is 0.497 e. The van der Waals surface area contributed by atoms with Crippen molar-refractivity contribution in [2.24, 2.45) is 0 Å². The van der Waals surface area contributed by atoms with Crippen LogP contribution in [0.1, 0.15) is 10.7 Å². The van der Waals surface area contributed by atoms with Crippen LogP contribution < -0.4 is 10.1 Å². The number of ether oxygens (including phenoxy) is 1. The Labute approximate surface area is 147 Å². The molecule has 0 aliphatic heterocycles. The number of halogens is 2. The van der Waals surface area contributed by atoms with Crippen molar-refractivity contribution in [1.82, 2.24) is 10.2 Å². The molecule has 0 saturated heterocycles. The second-order valence-corrected chi connectivity index (χ2v) is 5.57. The Hall–Kier alpha value is -2.57. The van der Waals surface area contributed by atoms with Gasteiger partial charge in [0.2, 0.25) is 5.89 Å². The first-order valence-electron chi connectivity index (χ1n) is 6.81. The van der Waals surface area contributed by atoms with Gasteiger partial charge in [-0.3, -0.25) is 4.79 Å². The van der Waals surface area contributed by atoms with Crippen molar-refractivity contribution in [3.05, 3.63) is 58.4 Å². The van der Waals surface area contributed by atoms with Gasteiger partial charge in [0, 0.05) is 10.6 Å². The predicted octanol–water partition coefficient (Wildman–Crippen LogP) is 4.30. The fraction of sp³-hybridized carbons (Fsp3) is 0.0625. The molecule has 1 heterocycles. The molecule has 3 aromatic rings. The first kappa shape index (κ1) is 16.3. The van der Waals surface area contributed by atoms with Crippen LogP contribution in [0.2, 0.25) is 10.0 Å². The van der Waals surface area contributed by atoms with Gasteiger partial charge in [-0.15, -0.1) is 10.2 Å². The van der Waals surface area contributed by atoms with E-state index < -0.39 is 5.91 Å². The van der Waals surface area contributed by atoms with Crippen molar-refractivity contribution in [2.45, 2.75) is 0 Å². The molecular weight excluding hydrogens is 353 g/mol. The molecule has 1 amide bonds. The van der Waals surface area contributed by atoms with Gasteiger partial charge in [-0.25, -0.2) is 0 Å². The average molecular weight is 364 g/mol. The number of carbonyl (C=O) groups is 1. The fourth-order valence-corrected chi connectivity index (χ4v) is 2.29. The summed E-state index contributed by atoms with van der Waals surface area (Å²) in [6, 6.07) is 11.8. The summed E-state index contributed by atoms with van der Waals surface area (Å²) in [5, 5.41) is 11.0. The third-order valence-electron chi connectivity index (χ3n) is 3.11. The van der Waals surface area contributed by atoms with Crippen LogP contribution >= 0.6 is 23.2 Å². The highest BCUT2D eigenvalue weighted by atomic mass is 35.5. The highest BCUT2D eigenvalue weighted by Crippen LogP contribution is 2.26. The highest BCUT2D eigenvalue weighted by Gasteiger charge is 2.17. The summed E-state index contributed by atoms with van der Waals surface area (Å²) in [7, 11) is 1.56. The minimum absolute atomic E-state index is 0.191. The van der Waals surface area contributed by atoms with E-state index in [9.17, 15) is 4.79 Å². The van der Waals surface area contributed by atoms with E-state index in [4.69, 9.17) is 32.4 Å². The number of hydrogen-bond acceptors (Lipinski definition) is 5. The molecule has 122 valence electrons. The average Bonchev–Trinajstić information content (AvgIpc) is 3.08. The maximum atomic E-state index is 12.2. The van der Waals surface area contributed by atoms with E-state index in [1.165, 1.54) is 6.07 Å². The molecule has 0 atom stereocenters. The van der Waals surface area contributed by atoms with E-state index in [-0.39, 0.29) is 11.8 Å². The van der Waals surface area contributed by atoms with E-state index in [1.54, 1.807) is 43.5 Å². The fourth-order valence-electron chi connectivity index (χ4n) is 1.96. The summed E-state index contributed by atoms with van der Waals surface area (Å²) in [6.45, 7) is 0. The quantitative estimate of drug-likeness (QED) is 0.747. The van der Waals surface area contributed by atoms with Gasteiger partial charge in [0.05, 0.1) is 17.8 Å². The molecule has 0 bridgehead atoms. The molecule has 0 fully saturated rings. The summed E-state index contributed by atoms with van der Waals surface area (Å²) in [5.74, 6) is 0.0725. The van der Waals surface area contributed by atoms with Crippen LogP contribution in [0.3, 0.4) is 0 Å². The first-order valence-corrected chi connectivity index (χ1v) is 7.57. The van der Waals surface area contributed by atoms with Crippen LogP contribution in [-0.4, -0.2) is 23.2 Å². The molecule has 1 aromatic heterocycles. The number of aromatic nitrogens is 2. The number of methoxy groups -OCH3 is 1. The smallest absolute Gasteiger partial charge is 0.313 e. The van der Waals surface area contributed by atoms with Gasteiger partial charge < -0.3 is 14.5 Å². The molecular formula is C16H11Cl2N3O3. The van der Waals surface area contributed by atoms with Crippen molar-refractivity contribution in [3.63, 3.8) is 0 Å². The van der Waals surface area contributed by atoms with Gasteiger partial charge in [-0.2, -0.15) is 0 Å². The number of nitrogens with one attached hydrogen (secondary N) is 1. The highest BCUT2D eigenvalue weighted by molar-refractivity contribution is 6.35. The van der Waals surface area contributed by atoms with E-state index in [2.05, 4.69) is 15.5 Å². The van der Waals surface area contributed by atoms with E-state index in [1.807, 2.05) is 0 Å². The van der Waals surface area contributed by atoms with E-state index in [0.717, 1.165) is 0 Å². The third kappa shape index (κ3) is 3.50. The van der Waals surface area contributed by atoms with Crippen LogP contribution in [0.4, 0.5) is 5.69 Å². The van der Waals surface area contributed by atoms with Crippen LogP contribution in [0.15, 0.2) is 46.9 Å². The number of anilines is 1. The summed E-state index contributed by atoms with van der Waals surface area (Å²) < 4.78 is 10.5. The molecule has 0 saturated carbocycles. The summed E-state index contributed by atoms with van der Waals surface area (Å²) >= 11 is 11.9. The molecule has 24 heavy (non-hydrogen) atoms. The lowest BCUT2D eigenvalue weighted by atomic mass is 10.2. The van der Waals surface area contributed by atoms with Crippen molar-refractivity contribution >= 4 is 34.8 Å². The molecule has 0 aliphatic rings. The lowest BCUT2D eigenvalue weighted by molar-refractivity contribution is 0.0991. The lowest BCUT2D eigenvalue weighted by Gasteiger charge is -2.05. The zero-order valence-corrected chi connectivity index (χ0v) is 13.9. The summed E-state index contributed by atoms with van der Waals surface area (Å²) in [4.78, 5) is 12.2. The Morgan fingerprint density at radius 2 is 2.00 bits per heavy atom. The van der Waals surface area contributed by atoms with Crippen molar-refractivity contribution in [2.75, 3.05) is 12.4 Å². The van der Waals surface area contributed by atoms with Gasteiger partial charge in [-0.05, 0) is 36.4 Å². The molecule has 0 radical (unpaired) electrons.